The second-order valence-electron chi connectivity index (χ2n) is 5.73. The molecule has 1 atom stereocenters. The van der Waals surface area contributed by atoms with Crippen LogP contribution in [0.1, 0.15) is 36.9 Å². The average molecular weight is 296 g/mol. The maximum Gasteiger partial charge on any atom is 0.126 e. The zero-order valence-electron chi connectivity index (χ0n) is 12.8. The molecule has 1 aliphatic heterocycles. The fourth-order valence-electron chi connectivity index (χ4n) is 2.80. The Morgan fingerprint density at radius 3 is 2.67 bits per heavy atom. The summed E-state index contributed by atoms with van der Waals surface area (Å²) in [6, 6.07) is 3.26. The summed E-state index contributed by atoms with van der Waals surface area (Å²) in [6.45, 7) is 5.84. The zero-order chi connectivity index (χ0) is 15.4. The third-order valence-electron chi connectivity index (χ3n) is 4.03. The highest BCUT2D eigenvalue weighted by Gasteiger charge is 2.23. The maximum absolute atomic E-state index is 13.8. The Labute approximate surface area is 125 Å². The molecular formula is C16H25FN2O2. The lowest BCUT2D eigenvalue weighted by molar-refractivity contribution is 0.0159. The monoisotopic (exact) mass is 296 g/mol. The van der Waals surface area contributed by atoms with Gasteiger partial charge in [0.2, 0.25) is 0 Å². The number of nitrogens with zero attached hydrogens (tertiary/aromatic N) is 1. The van der Waals surface area contributed by atoms with E-state index < -0.39 is 0 Å². The van der Waals surface area contributed by atoms with Crippen molar-refractivity contribution >= 4 is 5.69 Å². The van der Waals surface area contributed by atoms with Crippen LogP contribution in [0.3, 0.4) is 0 Å². The molecule has 0 bridgehead atoms. The van der Waals surface area contributed by atoms with Crippen molar-refractivity contribution in [1.82, 2.24) is 0 Å². The maximum atomic E-state index is 13.8. The minimum absolute atomic E-state index is 0.0617. The average Bonchev–Trinajstić information content (AvgIpc) is 2.48. The molecule has 21 heavy (non-hydrogen) atoms. The molecule has 0 aromatic heterocycles. The van der Waals surface area contributed by atoms with Crippen molar-refractivity contribution in [2.24, 2.45) is 5.73 Å². The minimum atomic E-state index is -0.202. The Bertz CT molecular complexity index is 472. The molecule has 1 saturated heterocycles. The molecule has 4 nitrogen and oxygen atoms in total. The van der Waals surface area contributed by atoms with E-state index >= 15 is 0 Å². The van der Waals surface area contributed by atoms with Crippen LogP contribution in [-0.4, -0.2) is 37.5 Å². The van der Waals surface area contributed by atoms with Crippen molar-refractivity contribution in [1.29, 1.82) is 0 Å². The van der Waals surface area contributed by atoms with E-state index in [4.69, 9.17) is 15.6 Å². The summed E-state index contributed by atoms with van der Waals surface area (Å²) in [4.78, 5) is 2.25. The van der Waals surface area contributed by atoms with Crippen LogP contribution in [0.5, 0.6) is 0 Å². The van der Waals surface area contributed by atoms with E-state index in [1.54, 1.807) is 13.0 Å². The van der Waals surface area contributed by atoms with Crippen LogP contribution >= 0.6 is 0 Å². The Kier molecular flexibility index (Phi) is 5.56. The molecule has 0 radical (unpaired) electrons. The number of rotatable bonds is 5. The number of aliphatic hydroxyl groups is 1. The van der Waals surface area contributed by atoms with Crippen molar-refractivity contribution in [3.05, 3.63) is 29.1 Å². The summed E-state index contributed by atoms with van der Waals surface area (Å²) in [7, 11) is 0. The summed E-state index contributed by atoms with van der Waals surface area (Å²) in [6.07, 6.45) is 2.03. The van der Waals surface area contributed by atoms with Gasteiger partial charge in [0.05, 0.1) is 19.3 Å². The molecule has 0 spiro atoms. The Hall–Kier alpha value is -1.17. The molecule has 0 saturated carbocycles. The molecule has 0 aliphatic carbocycles. The molecule has 118 valence electrons. The predicted molar refractivity (Wildman–Crippen MR) is 82.0 cm³/mol. The van der Waals surface area contributed by atoms with Crippen molar-refractivity contribution < 1.29 is 14.2 Å². The lowest BCUT2D eigenvalue weighted by atomic mass is 10.00. The first-order chi connectivity index (χ1) is 10.0. The van der Waals surface area contributed by atoms with Crippen LogP contribution in [0.2, 0.25) is 0 Å². The van der Waals surface area contributed by atoms with Crippen LogP contribution < -0.4 is 10.6 Å². The van der Waals surface area contributed by atoms with Crippen molar-refractivity contribution in [3.8, 4) is 0 Å². The van der Waals surface area contributed by atoms with E-state index in [9.17, 15) is 4.39 Å². The lowest BCUT2D eigenvalue weighted by Crippen LogP contribution is -2.38. The molecule has 1 heterocycles. The van der Waals surface area contributed by atoms with E-state index in [2.05, 4.69) is 4.90 Å². The Morgan fingerprint density at radius 1 is 1.43 bits per heavy atom. The summed E-state index contributed by atoms with van der Waals surface area (Å²) >= 11 is 0. The van der Waals surface area contributed by atoms with Gasteiger partial charge in [-0.3, -0.25) is 0 Å². The number of piperidine rings is 1. The van der Waals surface area contributed by atoms with Gasteiger partial charge in [-0.05, 0) is 49.9 Å². The smallest absolute Gasteiger partial charge is 0.126 e. The molecule has 3 N–H and O–H groups in total. The molecule has 0 amide bonds. The van der Waals surface area contributed by atoms with Crippen LogP contribution in [-0.2, 0) is 4.74 Å². The predicted octanol–water partition coefficient (Wildman–Crippen LogP) is 2.13. The zero-order valence-corrected chi connectivity index (χ0v) is 12.8. The second-order valence-corrected chi connectivity index (χ2v) is 5.73. The van der Waals surface area contributed by atoms with Gasteiger partial charge in [0, 0.05) is 24.8 Å². The Balaban J connectivity index is 2.11. The first-order valence-corrected chi connectivity index (χ1v) is 7.56. The highest BCUT2D eigenvalue weighted by Crippen LogP contribution is 2.30. The number of aryl methyl sites for hydroxylation is 1. The van der Waals surface area contributed by atoms with Gasteiger partial charge in [0.1, 0.15) is 5.82 Å². The number of hydrogen-bond acceptors (Lipinski definition) is 4. The summed E-state index contributed by atoms with van der Waals surface area (Å²) in [5.74, 6) is -0.202. The number of hydrogen-bond donors (Lipinski definition) is 2. The van der Waals surface area contributed by atoms with Gasteiger partial charge >= 0.3 is 0 Å². The molecular weight excluding hydrogens is 271 g/mol. The molecule has 1 aliphatic rings. The molecule has 5 heteroatoms. The summed E-state index contributed by atoms with van der Waals surface area (Å²) in [5.41, 5.74) is 8.52. The number of ether oxygens (including phenoxy) is 1. The highest BCUT2D eigenvalue weighted by atomic mass is 19.1. The largest absolute Gasteiger partial charge is 0.394 e. The normalized spacial score (nSPS) is 18.0. The van der Waals surface area contributed by atoms with Crippen LogP contribution in [0, 0.1) is 12.7 Å². The number of benzene rings is 1. The van der Waals surface area contributed by atoms with Gasteiger partial charge in [-0.25, -0.2) is 4.39 Å². The first-order valence-electron chi connectivity index (χ1n) is 7.56. The van der Waals surface area contributed by atoms with Crippen LogP contribution in [0.15, 0.2) is 12.1 Å². The third-order valence-corrected chi connectivity index (χ3v) is 4.03. The van der Waals surface area contributed by atoms with Gasteiger partial charge < -0.3 is 20.5 Å². The number of nitrogens with two attached hydrogens (primary N) is 1. The third kappa shape index (κ3) is 3.93. The summed E-state index contributed by atoms with van der Waals surface area (Å²) in [5, 5.41) is 8.80. The lowest BCUT2D eigenvalue weighted by Gasteiger charge is -2.35. The van der Waals surface area contributed by atoms with E-state index in [-0.39, 0.29) is 24.6 Å². The van der Waals surface area contributed by atoms with Crippen molar-refractivity contribution in [2.45, 2.75) is 38.8 Å². The van der Waals surface area contributed by atoms with Crippen molar-refractivity contribution in [2.75, 3.05) is 31.2 Å². The fraction of sp³-hybridized carbons (Fsp3) is 0.625. The SMILES string of the molecule is Cc1cc(N2CCC(OCCO)CC2)c([C@@H](C)N)cc1F. The Morgan fingerprint density at radius 2 is 2.10 bits per heavy atom. The van der Waals surface area contributed by atoms with Gasteiger partial charge in [-0.1, -0.05) is 0 Å². The van der Waals surface area contributed by atoms with E-state index in [1.807, 2.05) is 13.0 Å². The van der Waals surface area contributed by atoms with Crippen LogP contribution in [0.25, 0.3) is 0 Å². The molecule has 2 rings (SSSR count). The van der Waals surface area contributed by atoms with Crippen molar-refractivity contribution in [3.63, 3.8) is 0 Å². The topological polar surface area (TPSA) is 58.7 Å². The highest BCUT2D eigenvalue weighted by molar-refractivity contribution is 5.57. The minimum Gasteiger partial charge on any atom is -0.394 e. The fourth-order valence-corrected chi connectivity index (χ4v) is 2.80. The molecule has 1 aromatic rings. The van der Waals surface area contributed by atoms with Gasteiger partial charge in [-0.15, -0.1) is 0 Å². The quantitative estimate of drug-likeness (QED) is 0.874. The molecule has 1 fully saturated rings. The van der Waals surface area contributed by atoms with E-state index in [0.717, 1.165) is 37.2 Å². The number of halogens is 1. The standard InChI is InChI=1S/C16H25FN2O2/c1-11-9-16(14(12(2)18)10-15(11)17)19-5-3-13(4-6-19)21-8-7-20/h9-10,12-13,20H,3-8,18H2,1-2H3/t12-/m1/s1. The van der Waals surface area contributed by atoms with Gasteiger partial charge in [0.15, 0.2) is 0 Å². The summed E-state index contributed by atoms with van der Waals surface area (Å²) < 4.78 is 19.3. The van der Waals surface area contributed by atoms with Crippen LogP contribution in [0.4, 0.5) is 10.1 Å². The molecule has 0 unspecified atom stereocenters. The van der Waals surface area contributed by atoms with E-state index in [0.29, 0.717) is 12.2 Å². The second kappa shape index (κ2) is 7.20. The number of anilines is 1. The van der Waals surface area contributed by atoms with E-state index in [1.165, 1.54) is 0 Å². The molecule has 1 aromatic carbocycles. The first kappa shape index (κ1) is 16.2. The number of aliphatic hydroxyl groups excluding tert-OH is 1. The van der Waals surface area contributed by atoms with Gasteiger partial charge in [-0.2, -0.15) is 0 Å². The van der Waals surface area contributed by atoms with Gasteiger partial charge in [0.25, 0.3) is 0 Å².